The highest BCUT2D eigenvalue weighted by atomic mass is 15.2. The summed E-state index contributed by atoms with van der Waals surface area (Å²) in [4.78, 5) is 6.66. The van der Waals surface area contributed by atoms with Crippen LogP contribution in [0, 0.1) is 0 Å². The fraction of sp³-hybridized carbons (Fsp3) is 0.312. The standard InChI is InChI=1S/C16H19N3/c17-10-13-3-5-15(6-4-13)19(16-7-8-16)12-14-2-1-9-18-11-14/h1-6,9,11,16H,7-8,10,12,17H2. The van der Waals surface area contributed by atoms with Crippen molar-refractivity contribution >= 4 is 5.69 Å². The van der Waals surface area contributed by atoms with Crippen LogP contribution in [-0.4, -0.2) is 11.0 Å². The van der Waals surface area contributed by atoms with E-state index in [1.165, 1.54) is 29.7 Å². The van der Waals surface area contributed by atoms with Gasteiger partial charge in [-0.15, -0.1) is 0 Å². The number of pyridine rings is 1. The van der Waals surface area contributed by atoms with Crippen LogP contribution >= 0.6 is 0 Å². The van der Waals surface area contributed by atoms with Gasteiger partial charge in [0.05, 0.1) is 0 Å². The number of nitrogens with two attached hydrogens (primary N) is 1. The lowest BCUT2D eigenvalue weighted by molar-refractivity contribution is 0.791. The average Bonchev–Trinajstić information content (AvgIpc) is 3.31. The van der Waals surface area contributed by atoms with Gasteiger partial charge in [0.2, 0.25) is 0 Å². The summed E-state index contributed by atoms with van der Waals surface area (Å²) in [7, 11) is 0. The average molecular weight is 253 g/mol. The molecule has 3 nitrogen and oxygen atoms in total. The summed E-state index contributed by atoms with van der Waals surface area (Å²) < 4.78 is 0. The number of hydrogen-bond donors (Lipinski definition) is 1. The van der Waals surface area contributed by atoms with Crippen LogP contribution in [0.1, 0.15) is 24.0 Å². The predicted molar refractivity (Wildman–Crippen MR) is 77.8 cm³/mol. The minimum Gasteiger partial charge on any atom is -0.364 e. The maximum atomic E-state index is 5.65. The van der Waals surface area contributed by atoms with Gasteiger partial charge in [-0.25, -0.2) is 0 Å². The van der Waals surface area contributed by atoms with Crippen molar-refractivity contribution in [2.75, 3.05) is 4.90 Å². The molecule has 1 saturated carbocycles. The summed E-state index contributed by atoms with van der Waals surface area (Å²) in [6.45, 7) is 1.53. The Morgan fingerprint density at radius 1 is 1.11 bits per heavy atom. The Morgan fingerprint density at radius 3 is 2.47 bits per heavy atom. The molecule has 1 heterocycles. The van der Waals surface area contributed by atoms with E-state index in [9.17, 15) is 0 Å². The van der Waals surface area contributed by atoms with Crippen molar-refractivity contribution in [3.8, 4) is 0 Å². The molecule has 0 bridgehead atoms. The normalized spacial score (nSPS) is 14.4. The topological polar surface area (TPSA) is 42.1 Å². The third kappa shape index (κ3) is 2.93. The van der Waals surface area contributed by atoms with Crippen LogP contribution in [0.5, 0.6) is 0 Å². The SMILES string of the molecule is NCc1ccc(N(Cc2cccnc2)C2CC2)cc1. The largest absolute Gasteiger partial charge is 0.364 e. The Hall–Kier alpha value is -1.87. The van der Waals surface area contributed by atoms with Crippen LogP contribution in [-0.2, 0) is 13.1 Å². The molecule has 0 spiro atoms. The highest BCUT2D eigenvalue weighted by molar-refractivity contribution is 5.50. The van der Waals surface area contributed by atoms with E-state index in [4.69, 9.17) is 5.73 Å². The first kappa shape index (κ1) is 12.2. The molecular weight excluding hydrogens is 234 g/mol. The molecule has 98 valence electrons. The van der Waals surface area contributed by atoms with E-state index in [2.05, 4.69) is 40.2 Å². The maximum absolute atomic E-state index is 5.65. The van der Waals surface area contributed by atoms with Crippen molar-refractivity contribution in [3.05, 3.63) is 59.9 Å². The van der Waals surface area contributed by atoms with Crippen LogP contribution in [0.15, 0.2) is 48.8 Å². The van der Waals surface area contributed by atoms with E-state index in [1.807, 2.05) is 18.5 Å². The summed E-state index contributed by atoms with van der Waals surface area (Å²) in [6.07, 6.45) is 6.35. The third-order valence-corrected chi connectivity index (χ3v) is 3.57. The van der Waals surface area contributed by atoms with Crippen LogP contribution in [0.2, 0.25) is 0 Å². The Bertz CT molecular complexity index is 517. The van der Waals surface area contributed by atoms with Gasteiger partial charge in [-0.2, -0.15) is 0 Å². The van der Waals surface area contributed by atoms with Gasteiger partial charge in [-0.05, 0) is 42.2 Å². The molecule has 0 unspecified atom stereocenters. The summed E-state index contributed by atoms with van der Waals surface area (Å²) in [5, 5.41) is 0. The van der Waals surface area contributed by atoms with Crippen molar-refractivity contribution in [2.24, 2.45) is 5.73 Å². The van der Waals surface area contributed by atoms with Crippen molar-refractivity contribution in [1.29, 1.82) is 0 Å². The number of nitrogens with zero attached hydrogens (tertiary/aromatic N) is 2. The zero-order chi connectivity index (χ0) is 13.1. The second-order valence-electron chi connectivity index (χ2n) is 5.09. The summed E-state index contributed by atoms with van der Waals surface area (Å²) in [6, 6.07) is 13.4. The molecule has 0 radical (unpaired) electrons. The zero-order valence-electron chi connectivity index (χ0n) is 11.0. The van der Waals surface area contributed by atoms with Gasteiger partial charge in [0.1, 0.15) is 0 Å². The molecule has 19 heavy (non-hydrogen) atoms. The highest BCUT2D eigenvalue weighted by Gasteiger charge is 2.29. The van der Waals surface area contributed by atoms with E-state index < -0.39 is 0 Å². The molecule has 0 aliphatic heterocycles. The molecule has 1 fully saturated rings. The van der Waals surface area contributed by atoms with Gasteiger partial charge in [0.15, 0.2) is 0 Å². The van der Waals surface area contributed by atoms with Crippen LogP contribution < -0.4 is 10.6 Å². The number of rotatable bonds is 5. The molecule has 1 aliphatic rings. The van der Waals surface area contributed by atoms with Crippen molar-refractivity contribution < 1.29 is 0 Å². The minimum atomic E-state index is 0.603. The van der Waals surface area contributed by atoms with Crippen LogP contribution in [0.4, 0.5) is 5.69 Å². The van der Waals surface area contributed by atoms with E-state index in [1.54, 1.807) is 0 Å². The molecule has 0 amide bonds. The molecule has 0 atom stereocenters. The minimum absolute atomic E-state index is 0.603. The number of anilines is 1. The van der Waals surface area contributed by atoms with Gasteiger partial charge in [-0.1, -0.05) is 18.2 Å². The quantitative estimate of drug-likeness (QED) is 0.891. The predicted octanol–water partition coefficient (Wildman–Crippen LogP) is 2.71. The Morgan fingerprint density at radius 2 is 1.89 bits per heavy atom. The molecule has 1 aromatic heterocycles. The number of benzene rings is 1. The number of hydrogen-bond acceptors (Lipinski definition) is 3. The first-order chi connectivity index (χ1) is 9.36. The lowest BCUT2D eigenvalue weighted by Crippen LogP contribution is -2.25. The summed E-state index contributed by atoms with van der Waals surface area (Å²) >= 11 is 0. The first-order valence-electron chi connectivity index (χ1n) is 6.81. The highest BCUT2D eigenvalue weighted by Crippen LogP contribution is 2.33. The lowest BCUT2D eigenvalue weighted by Gasteiger charge is -2.25. The second kappa shape index (κ2) is 5.41. The van der Waals surface area contributed by atoms with Crippen molar-refractivity contribution in [1.82, 2.24) is 4.98 Å². The molecule has 3 rings (SSSR count). The Kier molecular flexibility index (Phi) is 3.47. The number of aromatic nitrogens is 1. The zero-order valence-corrected chi connectivity index (χ0v) is 11.0. The smallest absolute Gasteiger partial charge is 0.0447 e. The second-order valence-corrected chi connectivity index (χ2v) is 5.09. The maximum Gasteiger partial charge on any atom is 0.0447 e. The van der Waals surface area contributed by atoms with Gasteiger partial charge in [0, 0.05) is 37.2 Å². The fourth-order valence-electron chi connectivity index (χ4n) is 2.33. The molecular formula is C16H19N3. The van der Waals surface area contributed by atoms with E-state index in [-0.39, 0.29) is 0 Å². The molecule has 1 aromatic carbocycles. The fourth-order valence-corrected chi connectivity index (χ4v) is 2.33. The molecule has 0 saturated heterocycles. The van der Waals surface area contributed by atoms with Gasteiger partial charge in [-0.3, -0.25) is 4.98 Å². The third-order valence-electron chi connectivity index (χ3n) is 3.57. The Balaban J connectivity index is 1.80. The molecule has 1 aliphatic carbocycles. The van der Waals surface area contributed by atoms with Crippen molar-refractivity contribution in [3.63, 3.8) is 0 Å². The van der Waals surface area contributed by atoms with Crippen LogP contribution in [0.25, 0.3) is 0 Å². The van der Waals surface area contributed by atoms with Gasteiger partial charge < -0.3 is 10.6 Å². The van der Waals surface area contributed by atoms with E-state index in [0.717, 1.165) is 6.54 Å². The Labute approximate surface area is 114 Å². The summed E-state index contributed by atoms with van der Waals surface area (Å²) in [5.74, 6) is 0. The first-order valence-corrected chi connectivity index (χ1v) is 6.81. The lowest BCUT2D eigenvalue weighted by atomic mass is 10.1. The monoisotopic (exact) mass is 253 g/mol. The van der Waals surface area contributed by atoms with Crippen LogP contribution in [0.3, 0.4) is 0 Å². The molecule has 2 aromatic rings. The van der Waals surface area contributed by atoms with Gasteiger partial charge >= 0.3 is 0 Å². The van der Waals surface area contributed by atoms with Crippen molar-refractivity contribution in [2.45, 2.75) is 32.0 Å². The van der Waals surface area contributed by atoms with Gasteiger partial charge in [0.25, 0.3) is 0 Å². The van der Waals surface area contributed by atoms with E-state index in [0.29, 0.717) is 12.6 Å². The summed E-state index contributed by atoms with van der Waals surface area (Å²) in [5.41, 5.74) is 9.37. The van der Waals surface area contributed by atoms with E-state index >= 15 is 0 Å². The molecule has 3 heteroatoms. The molecule has 2 N–H and O–H groups in total.